The molecule has 1 unspecified atom stereocenters. The lowest BCUT2D eigenvalue weighted by atomic mass is 9.93. The number of thiophene rings is 1. The van der Waals surface area contributed by atoms with E-state index in [1.165, 1.54) is 31.6 Å². The molecule has 0 aliphatic rings. The maximum Gasteiger partial charge on any atom is 0.247 e. The highest BCUT2D eigenvalue weighted by Crippen LogP contribution is 2.49. The van der Waals surface area contributed by atoms with Crippen molar-refractivity contribution in [1.29, 1.82) is 0 Å². The second-order valence-corrected chi connectivity index (χ2v) is 9.80. The highest BCUT2D eigenvalue weighted by Gasteiger charge is 2.35. The molecule has 0 saturated carbocycles. The van der Waals surface area contributed by atoms with Crippen LogP contribution in [-0.4, -0.2) is 40.0 Å². The zero-order valence-corrected chi connectivity index (χ0v) is 22.2. The lowest BCUT2D eigenvalue weighted by molar-refractivity contribution is -0.111. The fourth-order valence-corrected chi connectivity index (χ4v) is 5.60. The van der Waals surface area contributed by atoms with Crippen molar-refractivity contribution in [1.82, 2.24) is 14.8 Å². The molecule has 9 nitrogen and oxygen atoms in total. The average Bonchev–Trinajstić information content (AvgIpc) is 3.42. The summed E-state index contributed by atoms with van der Waals surface area (Å²) in [6, 6.07) is 5.22. The maximum atomic E-state index is 11.7. The van der Waals surface area contributed by atoms with Gasteiger partial charge in [-0.25, -0.2) is 4.98 Å². The summed E-state index contributed by atoms with van der Waals surface area (Å²) in [7, 11) is 4.69. The van der Waals surface area contributed by atoms with Crippen molar-refractivity contribution in [3.8, 4) is 11.5 Å². The number of aryl methyl sites for hydroxylation is 1. The van der Waals surface area contributed by atoms with E-state index in [1.54, 1.807) is 37.1 Å². The summed E-state index contributed by atoms with van der Waals surface area (Å²) in [6.45, 7) is 5.07. The van der Waals surface area contributed by atoms with Gasteiger partial charge >= 0.3 is 0 Å². The zero-order valence-electron chi connectivity index (χ0n) is 19.8. The zero-order chi connectivity index (χ0) is 26.2. The normalized spacial score (nSPS) is 12.8. The van der Waals surface area contributed by atoms with E-state index in [4.69, 9.17) is 32.7 Å². The molecule has 3 N–H and O–H groups in total. The molecule has 0 saturated heterocycles. The summed E-state index contributed by atoms with van der Waals surface area (Å²) in [4.78, 5) is 16.8. The largest absolute Gasteiger partial charge is 0.495 e. The van der Waals surface area contributed by atoms with E-state index in [0.717, 1.165) is 10.1 Å². The molecular weight excluding hydrogens is 525 g/mol. The second kappa shape index (κ2) is 9.98. The van der Waals surface area contributed by atoms with Crippen LogP contribution in [-0.2, 0) is 17.4 Å². The van der Waals surface area contributed by atoms with E-state index in [1.807, 2.05) is 12.1 Å². The number of carbonyl (C=O) groups excluding carboxylic acids is 1. The van der Waals surface area contributed by atoms with Gasteiger partial charge in [0, 0.05) is 29.8 Å². The van der Waals surface area contributed by atoms with Gasteiger partial charge in [0.25, 0.3) is 0 Å². The number of hydrogen-bond acceptors (Lipinski definition) is 8. The average molecular weight is 548 g/mol. The van der Waals surface area contributed by atoms with Crippen LogP contribution in [0.2, 0.25) is 10.0 Å². The molecule has 1 aromatic carbocycles. The van der Waals surface area contributed by atoms with Gasteiger partial charge in [0.1, 0.15) is 28.6 Å². The van der Waals surface area contributed by atoms with E-state index in [0.29, 0.717) is 33.7 Å². The summed E-state index contributed by atoms with van der Waals surface area (Å²) < 4.78 is 13.1. The third-order valence-corrected chi connectivity index (χ3v) is 7.51. The number of aromatic nitrogens is 3. The van der Waals surface area contributed by atoms with E-state index in [9.17, 15) is 9.90 Å². The van der Waals surface area contributed by atoms with E-state index < -0.39 is 5.60 Å². The number of nitrogens with one attached hydrogen (secondary N) is 2. The highest BCUT2D eigenvalue weighted by atomic mass is 35.5. The molecule has 4 rings (SSSR count). The topological polar surface area (TPSA) is 111 Å². The summed E-state index contributed by atoms with van der Waals surface area (Å²) >= 11 is 14.5. The second-order valence-electron chi connectivity index (χ2n) is 7.96. The molecule has 1 atom stereocenters. The molecule has 4 aromatic rings. The number of anilines is 3. The number of aliphatic hydroxyl groups is 1. The molecule has 0 aliphatic carbocycles. The van der Waals surface area contributed by atoms with Crippen LogP contribution in [0.3, 0.4) is 0 Å². The van der Waals surface area contributed by atoms with Gasteiger partial charge in [-0.1, -0.05) is 29.8 Å². The number of ether oxygens (including phenoxy) is 2. The first-order chi connectivity index (χ1) is 17.1. The number of hydrogen-bond donors (Lipinski definition) is 3. The molecule has 0 aliphatic heterocycles. The van der Waals surface area contributed by atoms with Crippen molar-refractivity contribution in [2.75, 3.05) is 24.9 Å². The summed E-state index contributed by atoms with van der Waals surface area (Å²) in [6.07, 6.45) is 4.52. The van der Waals surface area contributed by atoms with Crippen LogP contribution in [0, 0.1) is 0 Å². The van der Waals surface area contributed by atoms with Gasteiger partial charge in [-0.3, -0.25) is 9.48 Å². The van der Waals surface area contributed by atoms with E-state index >= 15 is 0 Å². The Kier molecular flexibility index (Phi) is 7.14. The number of pyridine rings is 1. The number of amides is 1. The minimum absolute atomic E-state index is 0.190. The van der Waals surface area contributed by atoms with Crippen LogP contribution in [0.1, 0.15) is 17.4 Å². The van der Waals surface area contributed by atoms with Crippen molar-refractivity contribution in [2.45, 2.75) is 12.5 Å². The predicted molar refractivity (Wildman–Crippen MR) is 143 cm³/mol. The summed E-state index contributed by atoms with van der Waals surface area (Å²) in [5, 5.41) is 23.0. The van der Waals surface area contributed by atoms with Crippen LogP contribution in [0.15, 0.2) is 43.2 Å². The van der Waals surface area contributed by atoms with Crippen LogP contribution in [0.5, 0.6) is 11.5 Å². The monoisotopic (exact) mass is 547 g/mol. The van der Waals surface area contributed by atoms with Crippen LogP contribution < -0.4 is 20.1 Å². The third kappa shape index (κ3) is 4.72. The van der Waals surface area contributed by atoms with Crippen molar-refractivity contribution in [2.24, 2.45) is 7.05 Å². The van der Waals surface area contributed by atoms with Crippen molar-refractivity contribution in [3.63, 3.8) is 0 Å². The summed E-state index contributed by atoms with van der Waals surface area (Å²) in [5.74, 6) is 1.22. The summed E-state index contributed by atoms with van der Waals surface area (Å²) in [5.41, 5.74) is -0.804. The van der Waals surface area contributed by atoms with Gasteiger partial charge in [0.15, 0.2) is 5.82 Å². The van der Waals surface area contributed by atoms with Gasteiger partial charge in [-0.15, -0.1) is 11.3 Å². The first-order valence-corrected chi connectivity index (χ1v) is 12.1. The molecular formula is C24H23Cl2N5O4S. The van der Waals surface area contributed by atoms with Gasteiger partial charge in [0.2, 0.25) is 5.91 Å². The molecule has 12 heteroatoms. The number of halogens is 2. The Balaban J connectivity index is 1.72. The molecule has 0 spiro atoms. The predicted octanol–water partition coefficient (Wildman–Crippen LogP) is 5.48. The lowest BCUT2D eigenvalue weighted by Crippen LogP contribution is -2.23. The van der Waals surface area contributed by atoms with Crippen molar-refractivity contribution < 1.29 is 19.4 Å². The lowest BCUT2D eigenvalue weighted by Gasteiger charge is -2.26. The Labute approximate surface area is 221 Å². The number of fused-ring (bicyclic) bond motifs is 1. The minimum Gasteiger partial charge on any atom is -0.495 e. The Morgan fingerprint density at radius 3 is 2.50 bits per heavy atom. The van der Waals surface area contributed by atoms with Crippen LogP contribution in [0.4, 0.5) is 17.3 Å². The van der Waals surface area contributed by atoms with Crippen LogP contribution in [0.25, 0.3) is 10.1 Å². The third-order valence-electron chi connectivity index (χ3n) is 5.46. The first kappa shape index (κ1) is 25.8. The molecule has 188 valence electrons. The number of benzene rings is 1. The standard InChI is InChI=1S/C24H23Cl2N5O4S/c1-6-19(32)28-13-11-31(3)30-23(13)29-18-8-12-7-17(36-16(12)10-27-18)24(2,33)20-21(25)14(34-4)9-15(35-5)22(20)26/h6-11,33H,1H2,2-5H3,(H,28,32)(H,27,29,30). The highest BCUT2D eigenvalue weighted by molar-refractivity contribution is 7.19. The molecule has 0 bridgehead atoms. The molecule has 0 radical (unpaired) electrons. The smallest absolute Gasteiger partial charge is 0.247 e. The molecule has 0 fully saturated rings. The SMILES string of the molecule is C=CC(=O)Nc1cn(C)nc1Nc1cc2cc(C(C)(O)c3c(Cl)c(OC)cc(OC)c3Cl)sc2cn1. The van der Waals surface area contributed by atoms with Crippen molar-refractivity contribution in [3.05, 3.63) is 63.7 Å². The Morgan fingerprint density at radius 2 is 1.89 bits per heavy atom. The van der Waals surface area contributed by atoms with Gasteiger partial charge in [-0.05, 0) is 30.5 Å². The Bertz CT molecular complexity index is 1450. The fraction of sp³-hybridized carbons (Fsp3) is 0.208. The Morgan fingerprint density at radius 1 is 1.22 bits per heavy atom. The number of nitrogens with zero attached hydrogens (tertiary/aromatic N) is 3. The number of carbonyl (C=O) groups is 1. The Hall–Kier alpha value is -3.31. The molecule has 3 aromatic heterocycles. The fourth-order valence-electron chi connectivity index (χ4n) is 3.67. The van der Waals surface area contributed by atoms with E-state index in [-0.39, 0.29) is 21.5 Å². The molecule has 36 heavy (non-hydrogen) atoms. The first-order valence-electron chi connectivity index (χ1n) is 10.6. The van der Waals surface area contributed by atoms with Crippen LogP contribution >= 0.6 is 34.5 Å². The quantitative estimate of drug-likeness (QED) is 0.250. The molecule has 1 amide bonds. The van der Waals surface area contributed by atoms with Gasteiger partial charge in [-0.2, -0.15) is 5.10 Å². The van der Waals surface area contributed by atoms with Crippen molar-refractivity contribution >= 4 is 67.9 Å². The van der Waals surface area contributed by atoms with Gasteiger partial charge in [0.05, 0.1) is 35.2 Å². The maximum absolute atomic E-state index is 11.7. The van der Waals surface area contributed by atoms with E-state index in [2.05, 4.69) is 27.3 Å². The number of methoxy groups -OCH3 is 2. The van der Waals surface area contributed by atoms with Gasteiger partial charge < -0.3 is 25.2 Å². The molecule has 3 heterocycles. The minimum atomic E-state index is -1.56. The number of rotatable bonds is 8.